The first-order chi connectivity index (χ1) is 8.90. The molecule has 2 heterocycles. The Morgan fingerprint density at radius 3 is 2.58 bits per heavy atom. The van der Waals surface area contributed by atoms with Gasteiger partial charge in [-0.15, -0.1) is 11.3 Å². The van der Waals surface area contributed by atoms with Crippen LogP contribution in [0.1, 0.15) is 22.2 Å². The highest BCUT2D eigenvalue weighted by molar-refractivity contribution is 9.11. The summed E-state index contributed by atoms with van der Waals surface area (Å²) >= 11 is 4.85. The van der Waals surface area contributed by atoms with Crippen molar-refractivity contribution in [3.63, 3.8) is 0 Å². The lowest BCUT2D eigenvalue weighted by Crippen LogP contribution is -2.40. The second kappa shape index (κ2) is 5.26. The first-order valence-electron chi connectivity index (χ1n) is 5.45. The van der Waals surface area contributed by atoms with Crippen LogP contribution in [-0.4, -0.2) is 14.9 Å². The highest BCUT2D eigenvalue weighted by atomic mass is 79.9. The number of ketones is 1. The summed E-state index contributed by atoms with van der Waals surface area (Å²) in [6.07, 6.45) is 1.33. The molecule has 0 atom stereocenters. The maximum atomic E-state index is 12.0. The maximum Gasteiger partial charge on any atom is 0.331 e. The molecule has 100 valence electrons. The Bertz CT molecular complexity index is 757. The molecular formula is C12H11BrN2O3S. The number of hydrogen-bond acceptors (Lipinski definition) is 4. The van der Waals surface area contributed by atoms with Crippen molar-refractivity contribution < 1.29 is 4.79 Å². The van der Waals surface area contributed by atoms with E-state index >= 15 is 0 Å². The van der Waals surface area contributed by atoms with Gasteiger partial charge in [0.2, 0.25) is 0 Å². The summed E-state index contributed by atoms with van der Waals surface area (Å²) in [6.45, 7) is 1.65. The van der Waals surface area contributed by atoms with E-state index < -0.39 is 11.2 Å². The molecule has 0 unspecified atom stereocenters. The molecule has 0 aliphatic carbocycles. The molecule has 0 amide bonds. The summed E-state index contributed by atoms with van der Waals surface area (Å²) in [7, 11) is 1.37. The van der Waals surface area contributed by atoms with E-state index in [1.54, 1.807) is 0 Å². The first kappa shape index (κ1) is 14.0. The fourth-order valence-corrected chi connectivity index (χ4v) is 3.17. The third-order valence-electron chi connectivity index (χ3n) is 2.69. The molecule has 0 aromatic carbocycles. The highest BCUT2D eigenvalue weighted by Gasteiger charge is 2.12. The lowest BCUT2D eigenvalue weighted by molar-refractivity contribution is 0.101. The zero-order valence-electron chi connectivity index (χ0n) is 10.3. The Morgan fingerprint density at radius 2 is 2.05 bits per heavy atom. The van der Waals surface area contributed by atoms with Gasteiger partial charge in [0.15, 0.2) is 5.78 Å². The Morgan fingerprint density at radius 1 is 1.37 bits per heavy atom. The number of carbonyl (C=O) groups excluding carboxylic acids is 1. The van der Waals surface area contributed by atoms with Gasteiger partial charge in [-0.25, -0.2) is 4.79 Å². The zero-order chi connectivity index (χ0) is 14.2. The van der Waals surface area contributed by atoms with Gasteiger partial charge in [0.25, 0.3) is 5.56 Å². The molecular weight excluding hydrogens is 332 g/mol. The van der Waals surface area contributed by atoms with Gasteiger partial charge >= 0.3 is 5.69 Å². The standard InChI is InChI=1S/C12H11BrN2O3S/c1-7(16)9-6-15(12(18)14(2)11(9)17)5-8-3-4-10(13)19-8/h3-4,6H,5H2,1-2H3. The van der Waals surface area contributed by atoms with Gasteiger partial charge in [0, 0.05) is 18.1 Å². The first-order valence-corrected chi connectivity index (χ1v) is 7.06. The quantitative estimate of drug-likeness (QED) is 0.796. The van der Waals surface area contributed by atoms with E-state index in [-0.39, 0.29) is 11.3 Å². The molecule has 2 rings (SSSR count). The number of hydrogen-bond donors (Lipinski definition) is 0. The van der Waals surface area contributed by atoms with Crippen molar-refractivity contribution in [2.24, 2.45) is 7.05 Å². The number of nitrogens with zero attached hydrogens (tertiary/aromatic N) is 2. The molecule has 0 saturated heterocycles. The van der Waals surface area contributed by atoms with Crippen molar-refractivity contribution in [1.82, 2.24) is 9.13 Å². The fourth-order valence-electron chi connectivity index (χ4n) is 1.69. The molecule has 0 aliphatic rings. The molecule has 0 fully saturated rings. The normalized spacial score (nSPS) is 10.7. The molecule has 0 saturated carbocycles. The van der Waals surface area contributed by atoms with Crippen LogP contribution < -0.4 is 11.2 Å². The van der Waals surface area contributed by atoms with Crippen molar-refractivity contribution in [2.45, 2.75) is 13.5 Å². The third-order valence-corrected chi connectivity index (χ3v) is 4.30. The molecule has 2 aromatic heterocycles. The molecule has 7 heteroatoms. The lowest BCUT2D eigenvalue weighted by Gasteiger charge is -2.08. The number of carbonyl (C=O) groups is 1. The van der Waals surface area contributed by atoms with E-state index in [9.17, 15) is 14.4 Å². The van der Waals surface area contributed by atoms with Crippen LogP contribution >= 0.6 is 27.3 Å². The summed E-state index contributed by atoms with van der Waals surface area (Å²) in [5.41, 5.74) is -0.960. The minimum absolute atomic E-state index is 0.0257. The van der Waals surface area contributed by atoms with Crippen molar-refractivity contribution in [2.75, 3.05) is 0 Å². The van der Waals surface area contributed by atoms with Crippen LogP contribution in [0, 0.1) is 0 Å². The van der Waals surface area contributed by atoms with Crippen molar-refractivity contribution >= 4 is 33.0 Å². The summed E-state index contributed by atoms with van der Waals surface area (Å²) in [5, 5.41) is 0. The van der Waals surface area contributed by atoms with Crippen molar-refractivity contribution in [3.8, 4) is 0 Å². The van der Waals surface area contributed by atoms with Crippen LogP contribution in [0.5, 0.6) is 0 Å². The van der Waals surface area contributed by atoms with Crippen LogP contribution in [0.3, 0.4) is 0 Å². The summed E-state index contributed by atoms with van der Waals surface area (Å²) in [5.74, 6) is -0.346. The number of thiophene rings is 1. The van der Waals surface area contributed by atoms with Gasteiger partial charge in [0.05, 0.1) is 15.9 Å². The molecule has 0 radical (unpaired) electrons. The van der Waals surface area contributed by atoms with Crippen LogP contribution in [0.25, 0.3) is 0 Å². The van der Waals surface area contributed by atoms with Crippen molar-refractivity contribution in [3.05, 3.63) is 53.4 Å². The number of halogens is 1. The molecule has 5 nitrogen and oxygen atoms in total. The largest absolute Gasteiger partial charge is 0.331 e. The van der Waals surface area contributed by atoms with E-state index in [1.165, 1.54) is 36.1 Å². The van der Waals surface area contributed by atoms with E-state index in [1.807, 2.05) is 12.1 Å². The van der Waals surface area contributed by atoms with Crippen LogP contribution in [0.15, 0.2) is 31.7 Å². The smallest absolute Gasteiger partial charge is 0.294 e. The lowest BCUT2D eigenvalue weighted by atomic mass is 10.2. The van der Waals surface area contributed by atoms with Crippen molar-refractivity contribution in [1.29, 1.82) is 0 Å². The van der Waals surface area contributed by atoms with Gasteiger partial charge in [-0.1, -0.05) is 0 Å². The van der Waals surface area contributed by atoms with Gasteiger partial charge in [0.1, 0.15) is 0 Å². The predicted octanol–water partition coefficient (Wildman–Crippen LogP) is 1.62. The van der Waals surface area contributed by atoms with E-state index in [2.05, 4.69) is 15.9 Å². The minimum atomic E-state index is -0.555. The SMILES string of the molecule is CC(=O)c1cn(Cc2ccc(Br)s2)c(=O)n(C)c1=O. The molecule has 19 heavy (non-hydrogen) atoms. The number of rotatable bonds is 3. The van der Waals surface area contributed by atoms with Gasteiger partial charge in [-0.05, 0) is 35.0 Å². The number of Topliss-reactive ketones (excluding diaryl/α,β-unsaturated/α-hetero) is 1. The second-order valence-corrected chi connectivity index (χ2v) is 6.63. The third kappa shape index (κ3) is 2.76. The minimum Gasteiger partial charge on any atom is -0.294 e. The van der Waals surface area contributed by atoms with Gasteiger partial charge in [-0.2, -0.15) is 0 Å². The van der Waals surface area contributed by atoms with Crippen LogP contribution in [-0.2, 0) is 13.6 Å². The monoisotopic (exact) mass is 342 g/mol. The molecule has 2 aromatic rings. The Labute approximate surface area is 121 Å². The van der Waals surface area contributed by atoms with Crippen LogP contribution in [0.4, 0.5) is 0 Å². The van der Waals surface area contributed by atoms with E-state index in [0.29, 0.717) is 6.54 Å². The Hall–Kier alpha value is -1.47. The molecule has 0 aliphatic heterocycles. The topological polar surface area (TPSA) is 61.1 Å². The predicted molar refractivity (Wildman–Crippen MR) is 77.1 cm³/mol. The summed E-state index contributed by atoms with van der Waals surface area (Å²) in [4.78, 5) is 36.1. The summed E-state index contributed by atoms with van der Waals surface area (Å²) < 4.78 is 3.29. The van der Waals surface area contributed by atoms with Gasteiger partial charge < -0.3 is 0 Å². The van der Waals surface area contributed by atoms with E-state index in [4.69, 9.17) is 0 Å². The maximum absolute atomic E-state index is 12.0. The zero-order valence-corrected chi connectivity index (χ0v) is 12.7. The molecule has 0 bridgehead atoms. The van der Waals surface area contributed by atoms with Gasteiger partial charge in [-0.3, -0.25) is 18.7 Å². The van der Waals surface area contributed by atoms with E-state index in [0.717, 1.165) is 13.2 Å². The molecule has 0 N–H and O–H groups in total. The Balaban J connectivity index is 2.55. The average Bonchev–Trinajstić information content (AvgIpc) is 2.75. The highest BCUT2D eigenvalue weighted by Crippen LogP contribution is 2.22. The Kier molecular flexibility index (Phi) is 3.86. The fraction of sp³-hybridized carbons (Fsp3) is 0.250. The molecule has 0 spiro atoms. The second-order valence-electron chi connectivity index (χ2n) is 4.08. The summed E-state index contributed by atoms with van der Waals surface area (Å²) in [6, 6.07) is 3.78. The van der Waals surface area contributed by atoms with Crippen LogP contribution in [0.2, 0.25) is 0 Å². The average molecular weight is 343 g/mol. The number of aromatic nitrogens is 2.